The maximum atomic E-state index is 12.5. The van der Waals surface area contributed by atoms with Gasteiger partial charge in [-0.2, -0.15) is 5.10 Å². The number of amides is 1. The highest BCUT2D eigenvalue weighted by Gasteiger charge is 2.14. The molecule has 0 saturated carbocycles. The number of benzene rings is 3. The van der Waals surface area contributed by atoms with Crippen molar-refractivity contribution in [2.75, 3.05) is 14.2 Å². The van der Waals surface area contributed by atoms with Crippen molar-refractivity contribution < 1.29 is 23.8 Å². The quantitative estimate of drug-likeness (QED) is 0.185. The maximum Gasteiger partial charge on any atom is 0.343 e. The first kappa shape index (κ1) is 23.5. The number of carbonyl (C=O) groups is 2. The fourth-order valence-corrected chi connectivity index (χ4v) is 3.42. The summed E-state index contributed by atoms with van der Waals surface area (Å²) in [6.07, 6.45) is 1.39. The molecule has 0 radical (unpaired) electrons. The number of nitrogens with one attached hydrogen (secondary N) is 1. The molecule has 0 aromatic heterocycles. The van der Waals surface area contributed by atoms with Gasteiger partial charge in [-0.25, -0.2) is 10.2 Å². The van der Waals surface area contributed by atoms with Crippen LogP contribution in [-0.2, 0) is 0 Å². The highest BCUT2D eigenvalue weighted by atomic mass is 79.9. The molecule has 0 spiro atoms. The minimum atomic E-state index is -0.535. The number of rotatable bonds is 7. The molecule has 1 amide bonds. The highest BCUT2D eigenvalue weighted by Crippen LogP contribution is 2.24. The Morgan fingerprint density at radius 3 is 2.19 bits per heavy atom. The van der Waals surface area contributed by atoms with Crippen LogP contribution in [0.5, 0.6) is 17.2 Å². The molecule has 32 heavy (non-hydrogen) atoms. The van der Waals surface area contributed by atoms with E-state index in [-0.39, 0.29) is 5.75 Å². The molecule has 0 bridgehead atoms. The second-order valence-corrected chi connectivity index (χ2v) is 8.18. The molecule has 0 saturated heterocycles. The Balaban J connectivity index is 1.76. The number of methoxy groups -OCH3 is 2. The molecule has 9 heteroatoms. The minimum absolute atomic E-state index is 0.284. The van der Waals surface area contributed by atoms with E-state index in [0.29, 0.717) is 28.2 Å². The van der Waals surface area contributed by atoms with Crippen molar-refractivity contribution in [2.24, 2.45) is 5.10 Å². The third-order valence-electron chi connectivity index (χ3n) is 4.28. The van der Waals surface area contributed by atoms with Gasteiger partial charge in [0.05, 0.1) is 31.6 Å². The van der Waals surface area contributed by atoms with E-state index in [4.69, 9.17) is 14.2 Å². The molecule has 7 nitrogen and oxygen atoms in total. The van der Waals surface area contributed by atoms with Crippen molar-refractivity contribution in [1.82, 2.24) is 5.43 Å². The highest BCUT2D eigenvalue weighted by molar-refractivity contribution is 9.10. The molecule has 0 aliphatic heterocycles. The van der Waals surface area contributed by atoms with Gasteiger partial charge in [-0.15, -0.1) is 0 Å². The topological polar surface area (TPSA) is 86.2 Å². The lowest BCUT2D eigenvalue weighted by atomic mass is 10.2. The van der Waals surface area contributed by atoms with E-state index in [1.165, 1.54) is 13.3 Å². The number of esters is 1. The van der Waals surface area contributed by atoms with Crippen molar-refractivity contribution in [2.45, 2.75) is 0 Å². The molecule has 0 unspecified atom stereocenters. The molecular formula is C23H18Br2N2O5. The third-order valence-corrected chi connectivity index (χ3v) is 5.26. The zero-order valence-corrected chi connectivity index (χ0v) is 20.3. The van der Waals surface area contributed by atoms with Crippen molar-refractivity contribution in [3.63, 3.8) is 0 Å². The van der Waals surface area contributed by atoms with Crippen LogP contribution in [0.4, 0.5) is 0 Å². The first-order valence-electron chi connectivity index (χ1n) is 9.24. The SMILES string of the molecule is COc1ccc(C(=O)Oc2ccc(Br)cc2/C=N/NC(=O)c2cc(Br)ccc2OC)cc1. The first-order valence-corrected chi connectivity index (χ1v) is 10.8. The molecule has 3 aromatic carbocycles. The van der Waals surface area contributed by atoms with Crippen LogP contribution in [0.15, 0.2) is 74.7 Å². The van der Waals surface area contributed by atoms with Crippen LogP contribution in [0.1, 0.15) is 26.3 Å². The molecule has 164 valence electrons. The lowest BCUT2D eigenvalue weighted by Gasteiger charge is -2.09. The first-order chi connectivity index (χ1) is 15.4. The number of hydrazone groups is 1. The van der Waals surface area contributed by atoms with E-state index >= 15 is 0 Å². The average Bonchev–Trinajstić information content (AvgIpc) is 2.80. The van der Waals surface area contributed by atoms with E-state index < -0.39 is 11.9 Å². The van der Waals surface area contributed by atoms with Gasteiger partial charge >= 0.3 is 5.97 Å². The molecule has 3 rings (SSSR count). The third kappa shape index (κ3) is 5.95. The van der Waals surface area contributed by atoms with Crippen LogP contribution in [0, 0.1) is 0 Å². The van der Waals surface area contributed by atoms with Gasteiger partial charge in [0.2, 0.25) is 0 Å². The van der Waals surface area contributed by atoms with E-state index in [0.717, 1.165) is 8.95 Å². The van der Waals surface area contributed by atoms with Gasteiger partial charge < -0.3 is 14.2 Å². The van der Waals surface area contributed by atoms with Crippen molar-refractivity contribution in [3.8, 4) is 17.2 Å². The zero-order chi connectivity index (χ0) is 23.1. The number of carbonyl (C=O) groups excluding carboxylic acids is 2. The number of hydrogen-bond acceptors (Lipinski definition) is 6. The van der Waals surface area contributed by atoms with Gasteiger partial charge in [0.1, 0.15) is 17.2 Å². The number of ether oxygens (including phenoxy) is 3. The fraction of sp³-hybridized carbons (Fsp3) is 0.0870. The summed E-state index contributed by atoms with van der Waals surface area (Å²) in [5.74, 6) is 0.346. The Kier molecular flexibility index (Phi) is 8.02. The average molecular weight is 562 g/mol. The predicted octanol–water partition coefficient (Wildman–Crippen LogP) is 5.21. The lowest BCUT2D eigenvalue weighted by Crippen LogP contribution is -2.18. The van der Waals surface area contributed by atoms with Crippen LogP contribution < -0.4 is 19.6 Å². The smallest absolute Gasteiger partial charge is 0.343 e. The van der Waals surface area contributed by atoms with Gasteiger partial charge in [0.25, 0.3) is 5.91 Å². The molecule has 0 heterocycles. The van der Waals surface area contributed by atoms with Crippen molar-refractivity contribution >= 4 is 50.0 Å². The van der Waals surface area contributed by atoms with Gasteiger partial charge in [0, 0.05) is 14.5 Å². The minimum Gasteiger partial charge on any atom is -0.497 e. The Morgan fingerprint density at radius 2 is 1.53 bits per heavy atom. The van der Waals surface area contributed by atoms with Crippen LogP contribution in [0.25, 0.3) is 0 Å². The maximum absolute atomic E-state index is 12.5. The van der Waals surface area contributed by atoms with Gasteiger partial charge in [-0.3, -0.25) is 4.79 Å². The van der Waals surface area contributed by atoms with E-state index in [1.54, 1.807) is 67.8 Å². The molecular weight excluding hydrogens is 544 g/mol. The molecule has 1 N–H and O–H groups in total. The summed E-state index contributed by atoms with van der Waals surface area (Å²) in [7, 11) is 3.03. The molecule has 3 aromatic rings. The van der Waals surface area contributed by atoms with Crippen LogP contribution >= 0.6 is 31.9 Å². The summed E-state index contributed by atoms with van der Waals surface area (Å²) in [4.78, 5) is 25.0. The summed E-state index contributed by atoms with van der Waals surface area (Å²) in [5, 5.41) is 4.00. The largest absolute Gasteiger partial charge is 0.497 e. The Hall–Kier alpha value is -3.17. The molecule has 0 aliphatic rings. The summed E-state index contributed by atoms with van der Waals surface area (Å²) in [6.45, 7) is 0. The second-order valence-electron chi connectivity index (χ2n) is 6.34. The normalized spacial score (nSPS) is 10.6. The second kappa shape index (κ2) is 10.9. The number of halogens is 2. The number of nitrogens with zero attached hydrogens (tertiary/aromatic N) is 1. The zero-order valence-electron chi connectivity index (χ0n) is 17.1. The van der Waals surface area contributed by atoms with Gasteiger partial charge in [0.15, 0.2) is 0 Å². The molecule has 0 aliphatic carbocycles. The monoisotopic (exact) mass is 560 g/mol. The van der Waals surface area contributed by atoms with Crippen molar-refractivity contribution in [3.05, 3.63) is 86.3 Å². The summed E-state index contributed by atoms with van der Waals surface area (Å²) in [5.41, 5.74) is 3.63. The molecule has 0 fully saturated rings. The van der Waals surface area contributed by atoms with Crippen LogP contribution in [0.3, 0.4) is 0 Å². The van der Waals surface area contributed by atoms with E-state index in [2.05, 4.69) is 42.4 Å². The standard InChI is InChI=1S/C23H18Br2N2O5/c1-30-18-7-3-14(4-8-18)23(29)32-20-9-5-16(24)11-15(20)13-26-27-22(28)19-12-17(25)6-10-21(19)31-2/h3-13H,1-2H3,(H,27,28)/b26-13+. The van der Waals surface area contributed by atoms with Gasteiger partial charge in [-0.05, 0) is 60.7 Å². The molecule has 0 atom stereocenters. The summed E-state index contributed by atoms with van der Waals surface area (Å²) in [6, 6.07) is 16.7. The summed E-state index contributed by atoms with van der Waals surface area (Å²) < 4.78 is 17.3. The van der Waals surface area contributed by atoms with Crippen molar-refractivity contribution in [1.29, 1.82) is 0 Å². The van der Waals surface area contributed by atoms with Crippen LogP contribution in [-0.4, -0.2) is 32.3 Å². The lowest BCUT2D eigenvalue weighted by molar-refractivity contribution is 0.0734. The Morgan fingerprint density at radius 1 is 0.875 bits per heavy atom. The summed E-state index contributed by atoms with van der Waals surface area (Å²) >= 11 is 6.71. The van der Waals surface area contributed by atoms with E-state index in [9.17, 15) is 9.59 Å². The van der Waals surface area contributed by atoms with Gasteiger partial charge in [-0.1, -0.05) is 31.9 Å². The fourth-order valence-electron chi connectivity index (χ4n) is 2.68. The van der Waals surface area contributed by atoms with Crippen LogP contribution in [0.2, 0.25) is 0 Å². The predicted molar refractivity (Wildman–Crippen MR) is 128 cm³/mol. The Labute approximate surface area is 201 Å². The Bertz CT molecular complexity index is 1160. The van der Waals surface area contributed by atoms with E-state index in [1.807, 2.05) is 0 Å². The number of hydrogen-bond donors (Lipinski definition) is 1.